The van der Waals surface area contributed by atoms with Crippen molar-refractivity contribution in [1.29, 1.82) is 0 Å². The average molecular weight is 452 g/mol. The van der Waals surface area contributed by atoms with Crippen molar-refractivity contribution in [2.24, 2.45) is 0 Å². The van der Waals surface area contributed by atoms with Gasteiger partial charge < -0.3 is 9.88 Å². The number of rotatable bonds is 4. The highest BCUT2D eigenvalue weighted by molar-refractivity contribution is 7.15. The number of aromatic nitrogens is 6. The Morgan fingerprint density at radius 3 is 2.58 bits per heavy atom. The fourth-order valence-corrected chi connectivity index (χ4v) is 4.91. The van der Waals surface area contributed by atoms with Crippen molar-refractivity contribution in [3.8, 4) is 33.2 Å². The summed E-state index contributed by atoms with van der Waals surface area (Å²) >= 11 is 1.75. The Bertz CT molecular complexity index is 1620. The van der Waals surface area contributed by atoms with Gasteiger partial charge in [0, 0.05) is 53.2 Å². The Kier molecular flexibility index (Phi) is 4.48. The van der Waals surface area contributed by atoms with E-state index in [1.54, 1.807) is 11.3 Å². The molecule has 7 nitrogen and oxygen atoms in total. The number of aryl methyl sites for hydroxylation is 1. The molecule has 0 radical (unpaired) electrons. The molecule has 6 aromatic heterocycles. The summed E-state index contributed by atoms with van der Waals surface area (Å²) in [7, 11) is 4.00. The number of hydrogen-bond donors (Lipinski definition) is 2. The number of anilines is 1. The van der Waals surface area contributed by atoms with Gasteiger partial charge in [-0.25, -0.2) is 0 Å². The summed E-state index contributed by atoms with van der Waals surface area (Å²) in [6, 6.07) is 12.6. The normalized spacial score (nSPS) is 11.5. The maximum absolute atomic E-state index is 4.66. The molecule has 0 unspecified atom stereocenters. The van der Waals surface area contributed by atoms with Gasteiger partial charge in [0.1, 0.15) is 5.69 Å². The topological polar surface area (TPSA) is 86.4 Å². The van der Waals surface area contributed by atoms with E-state index < -0.39 is 0 Å². The molecule has 0 aliphatic rings. The largest absolute Gasteiger partial charge is 0.376 e. The van der Waals surface area contributed by atoms with Gasteiger partial charge in [-0.15, -0.1) is 11.3 Å². The van der Waals surface area contributed by atoms with E-state index >= 15 is 0 Å². The number of fused-ring (bicyclic) bond motifs is 2. The Balaban J connectivity index is 1.48. The molecule has 6 aromatic rings. The summed E-state index contributed by atoms with van der Waals surface area (Å²) in [6.07, 6.45) is 7.36. The van der Waals surface area contributed by atoms with E-state index in [-0.39, 0.29) is 0 Å². The SMILES string of the molecule is Cc1ccc(-c2nccc3[nH]c(-c4n[nH]c5cnc(-c6cncc(N(C)C)c6)cc45)cc23)s1. The number of nitrogens with zero attached hydrogens (tertiary/aromatic N) is 5. The second-order valence-electron chi connectivity index (χ2n) is 8.23. The molecule has 6 heterocycles. The van der Waals surface area contributed by atoms with Crippen LogP contribution in [0.2, 0.25) is 0 Å². The summed E-state index contributed by atoms with van der Waals surface area (Å²) in [5, 5.41) is 9.82. The summed E-state index contributed by atoms with van der Waals surface area (Å²) in [4.78, 5) is 21.7. The van der Waals surface area contributed by atoms with Gasteiger partial charge >= 0.3 is 0 Å². The van der Waals surface area contributed by atoms with Gasteiger partial charge in [-0.2, -0.15) is 5.10 Å². The van der Waals surface area contributed by atoms with Gasteiger partial charge in [0.05, 0.1) is 45.6 Å². The first-order valence-electron chi connectivity index (χ1n) is 10.6. The van der Waals surface area contributed by atoms with Crippen molar-refractivity contribution < 1.29 is 0 Å². The van der Waals surface area contributed by atoms with E-state index in [4.69, 9.17) is 0 Å². The Labute approximate surface area is 194 Å². The molecule has 0 saturated heterocycles. The minimum Gasteiger partial charge on any atom is -0.376 e. The second kappa shape index (κ2) is 7.53. The molecule has 0 spiro atoms. The van der Waals surface area contributed by atoms with Crippen LogP contribution in [-0.4, -0.2) is 44.2 Å². The van der Waals surface area contributed by atoms with Gasteiger partial charge in [-0.1, -0.05) is 0 Å². The summed E-state index contributed by atoms with van der Waals surface area (Å²) in [6.45, 7) is 2.11. The monoisotopic (exact) mass is 451 g/mol. The summed E-state index contributed by atoms with van der Waals surface area (Å²) in [5.41, 5.74) is 7.56. The smallest absolute Gasteiger partial charge is 0.116 e. The molecule has 2 N–H and O–H groups in total. The average Bonchev–Trinajstić information content (AvgIpc) is 3.55. The Morgan fingerprint density at radius 2 is 1.76 bits per heavy atom. The van der Waals surface area contributed by atoms with Crippen molar-refractivity contribution in [2.75, 3.05) is 19.0 Å². The van der Waals surface area contributed by atoms with Crippen LogP contribution in [0.1, 0.15) is 4.88 Å². The molecule has 6 rings (SSSR count). The Hall–Kier alpha value is -4.04. The molecule has 0 atom stereocenters. The first-order valence-corrected chi connectivity index (χ1v) is 11.4. The van der Waals surface area contributed by atoms with Crippen LogP contribution in [0.5, 0.6) is 0 Å². The molecule has 0 bridgehead atoms. The van der Waals surface area contributed by atoms with Gasteiger partial charge in [0.2, 0.25) is 0 Å². The number of thiophene rings is 1. The standard InChI is InChI=1S/C25H21N7S/c1-14-4-5-23(33-14)25-17-10-21(29-19(17)6-7-27-25)24-18-9-20(28-13-22(18)30-31-24)15-8-16(32(2)3)12-26-11-15/h4-13,29H,1-3H3,(H,30,31). The fraction of sp³-hybridized carbons (Fsp3) is 0.120. The number of H-pyrrole nitrogens is 2. The van der Waals surface area contributed by atoms with Crippen LogP contribution in [0, 0.1) is 6.92 Å². The lowest BCUT2D eigenvalue weighted by molar-refractivity contribution is 1.11. The molecule has 0 aliphatic heterocycles. The van der Waals surface area contributed by atoms with Crippen molar-refractivity contribution >= 4 is 38.8 Å². The van der Waals surface area contributed by atoms with Crippen LogP contribution < -0.4 is 4.90 Å². The molecule has 0 fully saturated rings. The third kappa shape index (κ3) is 3.35. The lowest BCUT2D eigenvalue weighted by atomic mass is 10.1. The highest BCUT2D eigenvalue weighted by Gasteiger charge is 2.16. The predicted octanol–water partition coefficient (Wildman–Crippen LogP) is 5.67. The molecular formula is C25H21N7S. The minimum absolute atomic E-state index is 0.855. The zero-order valence-corrected chi connectivity index (χ0v) is 19.2. The first kappa shape index (κ1) is 19.6. The fourth-order valence-electron chi connectivity index (χ4n) is 4.03. The van der Waals surface area contributed by atoms with Crippen molar-refractivity contribution in [3.63, 3.8) is 0 Å². The number of aromatic amines is 2. The Morgan fingerprint density at radius 1 is 0.879 bits per heavy atom. The van der Waals surface area contributed by atoms with Crippen LogP contribution in [0.3, 0.4) is 0 Å². The second-order valence-corrected chi connectivity index (χ2v) is 9.52. The summed E-state index contributed by atoms with van der Waals surface area (Å²) < 4.78 is 0. The van der Waals surface area contributed by atoms with Crippen LogP contribution in [-0.2, 0) is 0 Å². The van der Waals surface area contributed by atoms with Gasteiger partial charge in [0.25, 0.3) is 0 Å². The molecule has 0 saturated carbocycles. The number of pyridine rings is 3. The highest BCUT2D eigenvalue weighted by Crippen LogP contribution is 2.36. The predicted molar refractivity (Wildman–Crippen MR) is 135 cm³/mol. The van der Waals surface area contributed by atoms with E-state index in [9.17, 15) is 0 Å². The highest BCUT2D eigenvalue weighted by atomic mass is 32.1. The third-order valence-corrected chi connectivity index (χ3v) is 6.77. The van der Waals surface area contributed by atoms with E-state index in [1.165, 1.54) is 4.88 Å². The van der Waals surface area contributed by atoms with Crippen LogP contribution >= 0.6 is 11.3 Å². The third-order valence-electron chi connectivity index (χ3n) is 5.76. The van der Waals surface area contributed by atoms with E-state index in [0.29, 0.717) is 0 Å². The van der Waals surface area contributed by atoms with E-state index in [2.05, 4.69) is 67.4 Å². The maximum Gasteiger partial charge on any atom is 0.116 e. The van der Waals surface area contributed by atoms with Gasteiger partial charge in [0.15, 0.2) is 0 Å². The van der Waals surface area contributed by atoms with Crippen LogP contribution in [0.25, 0.3) is 55.0 Å². The molecule has 33 heavy (non-hydrogen) atoms. The minimum atomic E-state index is 0.855. The zero-order chi connectivity index (χ0) is 22.5. The number of nitrogens with one attached hydrogen (secondary N) is 2. The molecule has 162 valence electrons. The van der Waals surface area contributed by atoms with Crippen LogP contribution in [0.15, 0.2) is 61.2 Å². The summed E-state index contributed by atoms with van der Waals surface area (Å²) in [5.74, 6) is 0. The van der Waals surface area contributed by atoms with Gasteiger partial charge in [-0.3, -0.25) is 20.1 Å². The first-order chi connectivity index (χ1) is 16.1. The molecule has 0 aliphatic carbocycles. The van der Waals surface area contributed by atoms with Crippen molar-refractivity contribution in [2.45, 2.75) is 6.92 Å². The maximum atomic E-state index is 4.66. The zero-order valence-electron chi connectivity index (χ0n) is 18.4. The van der Waals surface area contributed by atoms with Crippen molar-refractivity contribution in [1.82, 2.24) is 30.1 Å². The molecule has 8 heteroatoms. The molecule has 0 aromatic carbocycles. The number of hydrogen-bond acceptors (Lipinski definition) is 6. The lowest BCUT2D eigenvalue weighted by Gasteiger charge is -2.12. The quantitative estimate of drug-likeness (QED) is 0.361. The van der Waals surface area contributed by atoms with E-state index in [1.807, 2.05) is 49.8 Å². The van der Waals surface area contributed by atoms with Crippen molar-refractivity contribution in [3.05, 3.63) is 66.1 Å². The molecule has 0 amide bonds. The molecular weight excluding hydrogens is 430 g/mol. The lowest BCUT2D eigenvalue weighted by Crippen LogP contribution is -2.08. The van der Waals surface area contributed by atoms with E-state index in [0.717, 1.165) is 60.7 Å². The van der Waals surface area contributed by atoms with Crippen LogP contribution in [0.4, 0.5) is 5.69 Å². The van der Waals surface area contributed by atoms with Gasteiger partial charge in [-0.05, 0) is 43.3 Å².